The first-order valence-electron chi connectivity index (χ1n) is 9.21. The minimum Gasteiger partial charge on any atom is -0.463 e. The zero-order chi connectivity index (χ0) is 19.3. The number of likely N-dealkylation sites (tertiary alicyclic amines) is 1. The molecular formula is C22H20N4O2. The van der Waals surface area contributed by atoms with E-state index in [1.54, 1.807) is 18.4 Å². The van der Waals surface area contributed by atoms with E-state index in [0.717, 1.165) is 24.2 Å². The van der Waals surface area contributed by atoms with E-state index in [0.29, 0.717) is 30.2 Å². The predicted octanol–water partition coefficient (Wildman–Crippen LogP) is 3.59. The number of aryl methyl sites for hydroxylation is 1. The molecule has 28 heavy (non-hydrogen) atoms. The molecule has 4 heterocycles. The first-order chi connectivity index (χ1) is 13.7. The van der Waals surface area contributed by atoms with Crippen molar-refractivity contribution in [3.05, 3.63) is 71.4 Å². The molecule has 0 unspecified atom stereocenters. The Morgan fingerprint density at radius 2 is 2.11 bits per heavy atom. The SMILES string of the molecule is Cc1cccc(C#CC=C2CCN(C(=O)c3cc(-c4ccco4)[nH]n3)CC2)n1. The van der Waals surface area contributed by atoms with E-state index in [4.69, 9.17) is 4.42 Å². The zero-order valence-electron chi connectivity index (χ0n) is 15.6. The summed E-state index contributed by atoms with van der Waals surface area (Å²) in [7, 11) is 0. The first-order valence-corrected chi connectivity index (χ1v) is 9.21. The number of piperidine rings is 1. The van der Waals surface area contributed by atoms with E-state index in [1.807, 2.05) is 42.2 Å². The van der Waals surface area contributed by atoms with Crippen LogP contribution >= 0.6 is 0 Å². The number of allylic oxidation sites excluding steroid dienone is 1. The molecule has 0 radical (unpaired) electrons. The fourth-order valence-corrected chi connectivity index (χ4v) is 3.12. The lowest BCUT2D eigenvalue weighted by atomic mass is 10.0. The number of amides is 1. The Balaban J connectivity index is 1.36. The molecule has 1 amide bonds. The minimum atomic E-state index is -0.0665. The minimum absolute atomic E-state index is 0.0665. The molecule has 0 aromatic carbocycles. The molecule has 1 fully saturated rings. The number of hydrogen-bond donors (Lipinski definition) is 1. The van der Waals surface area contributed by atoms with Crippen LogP contribution in [-0.4, -0.2) is 39.1 Å². The first kappa shape index (κ1) is 17.8. The molecule has 0 aliphatic carbocycles. The monoisotopic (exact) mass is 372 g/mol. The standard InChI is InChI=1S/C22H20N4O2/c1-16-5-2-7-18(23-16)8-3-6-17-10-12-26(13-11-17)22(27)20-15-19(24-25-20)21-9-4-14-28-21/h2,4-7,9,14-15H,10-13H2,1H3,(H,24,25). The van der Waals surface area contributed by atoms with Gasteiger partial charge in [0, 0.05) is 24.8 Å². The number of pyridine rings is 1. The van der Waals surface area contributed by atoms with Gasteiger partial charge in [-0.05, 0) is 56.0 Å². The molecule has 0 spiro atoms. The van der Waals surface area contributed by atoms with Crippen LogP contribution < -0.4 is 0 Å². The van der Waals surface area contributed by atoms with Gasteiger partial charge in [-0.15, -0.1) is 0 Å². The van der Waals surface area contributed by atoms with E-state index in [2.05, 4.69) is 27.0 Å². The molecule has 140 valence electrons. The highest BCUT2D eigenvalue weighted by Crippen LogP contribution is 2.21. The van der Waals surface area contributed by atoms with Gasteiger partial charge in [0.15, 0.2) is 11.5 Å². The van der Waals surface area contributed by atoms with Crippen LogP contribution in [-0.2, 0) is 0 Å². The number of H-pyrrole nitrogens is 1. The maximum absolute atomic E-state index is 12.7. The maximum atomic E-state index is 12.7. The van der Waals surface area contributed by atoms with Crippen LogP contribution in [0.25, 0.3) is 11.5 Å². The van der Waals surface area contributed by atoms with Crippen molar-refractivity contribution in [2.24, 2.45) is 0 Å². The molecule has 1 N–H and O–H groups in total. The van der Waals surface area contributed by atoms with Crippen molar-refractivity contribution in [1.29, 1.82) is 0 Å². The topological polar surface area (TPSA) is 75.0 Å². The molecule has 6 nitrogen and oxygen atoms in total. The number of aromatic nitrogens is 3. The van der Waals surface area contributed by atoms with Crippen LogP contribution in [0.1, 0.15) is 34.7 Å². The van der Waals surface area contributed by atoms with Crippen molar-refractivity contribution in [3.8, 4) is 23.3 Å². The predicted molar refractivity (Wildman–Crippen MR) is 105 cm³/mol. The summed E-state index contributed by atoms with van der Waals surface area (Å²) in [5, 5.41) is 6.99. The van der Waals surface area contributed by atoms with E-state index in [9.17, 15) is 4.79 Å². The third kappa shape index (κ3) is 4.04. The van der Waals surface area contributed by atoms with Gasteiger partial charge < -0.3 is 9.32 Å². The summed E-state index contributed by atoms with van der Waals surface area (Å²) in [6.07, 6.45) is 5.18. The van der Waals surface area contributed by atoms with Gasteiger partial charge in [0.1, 0.15) is 11.4 Å². The fourth-order valence-electron chi connectivity index (χ4n) is 3.12. The van der Waals surface area contributed by atoms with E-state index < -0.39 is 0 Å². The van der Waals surface area contributed by atoms with Crippen LogP contribution in [0.4, 0.5) is 0 Å². The zero-order valence-corrected chi connectivity index (χ0v) is 15.6. The quantitative estimate of drug-likeness (QED) is 0.698. The summed E-state index contributed by atoms with van der Waals surface area (Å²) in [4.78, 5) is 18.9. The molecule has 0 bridgehead atoms. The summed E-state index contributed by atoms with van der Waals surface area (Å²) in [5.74, 6) is 6.75. The van der Waals surface area contributed by atoms with Gasteiger partial charge in [0.25, 0.3) is 5.91 Å². The third-order valence-corrected chi connectivity index (χ3v) is 4.64. The lowest BCUT2D eigenvalue weighted by Crippen LogP contribution is -2.36. The molecule has 6 heteroatoms. The number of nitrogens with one attached hydrogen (secondary N) is 1. The number of rotatable bonds is 2. The van der Waals surface area contributed by atoms with Crippen molar-refractivity contribution >= 4 is 5.91 Å². The summed E-state index contributed by atoms with van der Waals surface area (Å²) in [5.41, 5.74) is 4.09. The second-order valence-corrected chi connectivity index (χ2v) is 6.67. The summed E-state index contributed by atoms with van der Waals surface area (Å²) in [6, 6.07) is 11.2. The van der Waals surface area contributed by atoms with Gasteiger partial charge in [-0.25, -0.2) is 4.98 Å². The van der Waals surface area contributed by atoms with Gasteiger partial charge in [-0.1, -0.05) is 17.6 Å². The molecule has 3 aromatic heterocycles. The Kier molecular flexibility index (Phi) is 5.07. The Labute approximate surface area is 163 Å². The van der Waals surface area contributed by atoms with Crippen LogP contribution in [0.5, 0.6) is 0 Å². The lowest BCUT2D eigenvalue weighted by Gasteiger charge is -2.27. The van der Waals surface area contributed by atoms with Gasteiger partial charge in [-0.2, -0.15) is 5.10 Å². The molecule has 1 saturated heterocycles. The van der Waals surface area contributed by atoms with Crippen molar-refractivity contribution in [2.45, 2.75) is 19.8 Å². The number of carbonyl (C=O) groups excluding carboxylic acids is 1. The average Bonchev–Trinajstić information content (AvgIpc) is 3.40. The molecular weight excluding hydrogens is 352 g/mol. The highest BCUT2D eigenvalue weighted by atomic mass is 16.3. The highest BCUT2D eigenvalue weighted by Gasteiger charge is 2.22. The molecule has 0 atom stereocenters. The van der Waals surface area contributed by atoms with Crippen LogP contribution in [0, 0.1) is 18.8 Å². The third-order valence-electron chi connectivity index (χ3n) is 4.64. The van der Waals surface area contributed by atoms with Gasteiger partial charge in [0.2, 0.25) is 0 Å². The van der Waals surface area contributed by atoms with Gasteiger partial charge in [0.05, 0.1) is 6.26 Å². The van der Waals surface area contributed by atoms with Crippen LogP contribution in [0.15, 0.2) is 58.7 Å². The molecule has 1 aliphatic heterocycles. The Bertz CT molecular complexity index is 1060. The number of hydrogen-bond acceptors (Lipinski definition) is 4. The summed E-state index contributed by atoms with van der Waals surface area (Å²) in [6.45, 7) is 3.28. The Morgan fingerprint density at radius 3 is 2.86 bits per heavy atom. The van der Waals surface area contributed by atoms with E-state index in [1.165, 1.54) is 5.57 Å². The molecule has 1 aliphatic rings. The van der Waals surface area contributed by atoms with Crippen LogP contribution in [0.2, 0.25) is 0 Å². The van der Waals surface area contributed by atoms with E-state index in [-0.39, 0.29) is 5.91 Å². The van der Waals surface area contributed by atoms with Crippen LogP contribution in [0.3, 0.4) is 0 Å². The normalized spacial score (nSPS) is 13.8. The molecule has 3 aromatic rings. The maximum Gasteiger partial charge on any atom is 0.274 e. The van der Waals surface area contributed by atoms with Gasteiger partial charge >= 0.3 is 0 Å². The highest BCUT2D eigenvalue weighted by molar-refractivity contribution is 5.93. The van der Waals surface area contributed by atoms with Gasteiger partial charge in [-0.3, -0.25) is 9.89 Å². The molecule has 4 rings (SSSR count). The fraction of sp³-hybridized carbons (Fsp3) is 0.227. The Morgan fingerprint density at radius 1 is 1.25 bits per heavy atom. The van der Waals surface area contributed by atoms with E-state index >= 15 is 0 Å². The smallest absolute Gasteiger partial charge is 0.274 e. The largest absolute Gasteiger partial charge is 0.463 e. The summed E-state index contributed by atoms with van der Waals surface area (Å²) >= 11 is 0. The average molecular weight is 372 g/mol. The number of furan rings is 1. The second-order valence-electron chi connectivity index (χ2n) is 6.67. The number of nitrogens with zero attached hydrogens (tertiary/aromatic N) is 3. The van der Waals surface area contributed by atoms with Crippen molar-refractivity contribution in [1.82, 2.24) is 20.1 Å². The van der Waals surface area contributed by atoms with Crippen molar-refractivity contribution in [2.75, 3.05) is 13.1 Å². The summed E-state index contributed by atoms with van der Waals surface area (Å²) < 4.78 is 5.33. The Hall–Kier alpha value is -3.59. The van der Waals surface area contributed by atoms with Crippen molar-refractivity contribution < 1.29 is 9.21 Å². The van der Waals surface area contributed by atoms with Crippen molar-refractivity contribution in [3.63, 3.8) is 0 Å². The lowest BCUT2D eigenvalue weighted by molar-refractivity contribution is 0.0737. The molecule has 0 saturated carbocycles. The second kappa shape index (κ2) is 7.97. The number of aromatic amines is 1. The number of carbonyl (C=O) groups is 1.